The molecule has 0 radical (unpaired) electrons. The first-order chi connectivity index (χ1) is 13.0. The van der Waals surface area contributed by atoms with Crippen LogP contribution in [-0.4, -0.2) is 40.4 Å². The molecule has 6 nitrogen and oxygen atoms in total. The summed E-state index contributed by atoms with van der Waals surface area (Å²) in [6.07, 6.45) is 4.66. The van der Waals surface area contributed by atoms with Crippen LogP contribution in [0.4, 0.5) is 10.5 Å². The van der Waals surface area contributed by atoms with E-state index in [1.807, 2.05) is 28.6 Å². The van der Waals surface area contributed by atoms with E-state index in [1.165, 1.54) is 5.56 Å². The van der Waals surface area contributed by atoms with Crippen LogP contribution < -0.4 is 10.1 Å². The van der Waals surface area contributed by atoms with Crippen molar-refractivity contribution in [1.82, 2.24) is 14.7 Å². The van der Waals surface area contributed by atoms with Gasteiger partial charge in [0.15, 0.2) is 0 Å². The quantitative estimate of drug-likeness (QED) is 0.833. The number of hydrogen-bond acceptors (Lipinski definition) is 3. The summed E-state index contributed by atoms with van der Waals surface area (Å²) in [6.45, 7) is 7.96. The number of aromatic nitrogens is 2. The van der Waals surface area contributed by atoms with E-state index >= 15 is 0 Å². The summed E-state index contributed by atoms with van der Waals surface area (Å²) in [5.74, 6) is 1.37. The number of amides is 2. The second-order valence-corrected chi connectivity index (χ2v) is 7.69. The van der Waals surface area contributed by atoms with Crippen molar-refractivity contribution >= 4 is 11.7 Å². The van der Waals surface area contributed by atoms with Gasteiger partial charge in [-0.15, -0.1) is 0 Å². The molecule has 1 aromatic heterocycles. The van der Waals surface area contributed by atoms with Crippen molar-refractivity contribution in [3.05, 3.63) is 41.7 Å². The van der Waals surface area contributed by atoms with Crippen LogP contribution in [0.5, 0.6) is 5.75 Å². The first kappa shape index (κ1) is 19.3. The van der Waals surface area contributed by atoms with E-state index in [9.17, 15) is 4.79 Å². The molecule has 1 atom stereocenters. The Morgan fingerprint density at radius 3 is 2.96 bits per heavy atom. The summed E-state index contributed by atoms with van der Waals surface area (Å²) in [5, 5.41) is 7.47. The van der Waals surface area contributed by atoms with Gasteiger partial charge >= 0.3 is 6.03 Å². The molecule has 0 bridgehead atoms. The van der Waals surface area contributed by atoms with Crippen molar-refractivity contribution in [2.45, 2.75) is 52.6 Å². The average Bonchev–Trinajstić information content (AvgIpc) is 3.23. The lowest BCUT2D eigenvalue weighted by Crippen LogP contribution is -2.39. The van der Waals surface area contributed by atoms with Gasteiger partial charge in [0.25, 0.3) is 0 Å². The van der Waals surface area contributed by atoms with Crippen LogP contribution in [-0.2, 0) is 13.0 Å². The Hall–Kier alpha value is -2.50. The number of urea groups is 1. The topological polar surface area (TPSA) is 59.4 Å². The van der Waals surface area contributed by atoms with Gasteiger partial charge in [-0.1, -0.05) is 26.0 Å². The second-order valence-electron chi connectivity index (χ2n) is 7.69. The molecule has 1 N–H and O–H groups in total. The van der Waals surface area contributed by atoms with E-state index in [4.69, 9.17) is 4.74 Å². The van der Waals surface area contributed by atoms with Gasteiger partial charge in [0.2, 0.25) is 0 Å². The number of anilines is 1. The van der Waals surface area contributed by atoms with Crippen LogP contribution in [0.1, 0.15) is 37.9 Å². The molecule has 146 valence electrons. The van der Waals surface area contributed by atoms with Gasteiger partial charge in [-0.05, 0) is 49.8 Å². The van der Waals surface area contributed by atoms with E-state index in [0.717, 1.165) is 49.5 Å². The molecule has 1 unspecified atom stereocenters. The summed E-state index contributed by atoms with van der Waals surface area (Å²) in [7, 11) is 1.68. The zero-order chi connectivity index (χ0) is 19.4. The molecule has 1 saturated heterocycles. The average molecular weight is 370 g/mol. The second kappa shape index (κ2) is 8.46. The highest BCUT2D eigenvalue weighted by Crippen LogP contribution is 2.24. The molecule has 0 saturated carbocycles. The minimum atomic E-state index is -0.0346. The van der Waals surface area contributed by atoms with E-state index in [2.05, 4.69) is 36.4 Å². The Morgan fingerprint density at radius 2 is 2.22 bits per heavy atom. The lowest BCUT2D eigenvalue weighted by molar-refractivity contribution is 0.206. The van der Waals surface area contributed by atoms with Gasteiger partial charge in [-0.3, -0.25) is 4.68 Å². The molecular formula is C21H30N4O2. The van der Waals surface area contributed by atoms with Crippen LogP contribution in [0.3, 0.4) is 0 Å². The van der Waals surface area contributed by atoms with Crippen molar-refractivity contribution in [2.24, 2.45) is 5.92 Å². The number of carbonyl (C=O) groups is 1. The van der Waals surface area contributed by atoms with E-state index < -0.39 is 0 Å². The molecule has 0 spiro atoms. The molecule has 1 aliphatic rings. The zero-order valence-corrected chi connectivity index (χ0v) is 16.7. The van der Waals surface area contributed by atoms with Gasteiger partial charge in [-0.25, -0.2) is 4.79 Å². The first-order valence-electron chi connectivity index (χ1n) is 9.71. The van der Waals surface area contributed by atoms with Crippen molar-refractivity contribution in [3.63, 3.8) is 0 Å². The van der Waals surface area contributed by atoms with Crippen molar-refractivity contribution < 1.29 is 9.53 Å². The largest absolute Gasteiger partial charge is 0.497 e. The molecule has 0 aliphatic carbocycles. The van der Waals surface area contributed by atoms with E-state index in [0.29, 0.717) is 5.92 Å². The molecule has 1 fully saturated rings. The normalized spacial score (nSPS) is 16.8. The maximum Gasteiger partial charge on any atom is 0.322 e. The van der Waals surface area contributed by atoms with E-state index in [-0.39, 0.29) is 12.1 Å². The summed E-state index contributed by atoms with van der Waals surface area (Å²) in [5.41, 5.74) is 2.99. The molecule has 1 aliphatic heterocycles. The van der Waals surface area contributed by atoms with Crippen LogP contribution in [0, 0.1) is 12.8 Å². The van der Waals surface area contributed by atoms with Gasteiger partial charge in [0, 0.05) is 19.1 Å². The maximum atomic E-state index is 12.9. The third-order valence-electron chi connectivity index (χ3n) is 5.13. The number of benzene rings is 1. The monoisotopic (exact) mass is 370 g/mol. The molecule has 2 aromatic rings. The minimum absolute atomic E-state index is 0.0346. The van der Waals surface area contributed by atoms with Crippen molar-refractivity contribution in [2.75, 3.05) is 19.0 Å². The lowest BCUT2D eigenvalue weighted by Gasteiger charge is -2.25. The SMILES string of the molecule is COc1cccc(CC2CCCN2C(=O)Nc2cnn(CC(C)C)c2C)c1. The van der Waals surface area contributed by atoms with Gasteiger partial charge in [-0.2, -0.15) is 5.10 Å². The third-order valence-corrected chi connectivity index (χ3v) is 5.13. The predicted octanol–water partition coefficient (Wildman–Crippen LogP) is 4.10. The van der Waals surface area contributed by atoms with Crippen LogP contribution in [0.2, 0.25) is 0 Å². The van der Waals surface area contributed by atoms with Crippen molar-refractivity contribution in [1.29, 1.82) is 0 Å². The predicted molar refractivity (Wildman–Crippen MR) is 107 cm³/mol. The Labute approximate surface area is 161 Å². The van der Waals surface area contributed by atoms with Crippen LogP contribution in [0.25, 0.3) is 0 Å². The smallest absolute Gasteiger partial charge is 0.322 e. The fourth-order valence-corrected chi connectivity index (χ4v) is 3.67. The highest BCUT2D eigenvalue weighted by molar-refractivity contribution is 5.90. The number of carbonyl (C=O) groups excluding carboxylic acids is 1. The Bertz CT molecular complexity index is 784. The van der Waals surface area contributed by atoms with Gasteiger partial charge < -0.3 is 15.0 Å². The Kier molecular flexibility index (Phi) is 6.04. The fourth-order valence-electron chi connectivity index (χ4n) is 3.67. The molecule has 2 amide bonds. The number of nitrogens with one attached hydrogen (secondary N) is 1. The van der Waals surface area contributed by atoms with Crippen molar-refractivity contribution in [3.8, 4) is 5.75 Å². The van der Waals surface area contributed by atoms with Crippen LogP contribution >= 0.6 is 0 Å². The zero-order valence-electron chi connectivity index (χ0n) is 16.7. The molecular weight excluding hydrogens is 340 g/mol. The van der Waals surface area contributed by atoms with E-state index in [1.54, 1.807) is 13.3 Å². The number of methoxy groups -OCH3 is 1. The number of nitrogens with zero attached hydrogens (tertiary/aromatic N) is 3. The highest BCUT2D eigenvalue weighted by Gasteiger charge is 2.29. The Balaban J connectivity index is 1.66. The minimum Gasteiger partial charge on any atom is -0.497 e. The Morgan fingerprint density at radius 1 is 1.41 bits per heavy atom. The molecule has 1 aromatic carbocycles. The van der Waals surface area contributed by atoms with Gasteiger partial charge in [0.1, 0.15) is 5.75 Å². The summed E-state index contributed by atoms with van der Waals surface area (Å²) < 4.78 is 7.27. The molecule has 27 heavy (non-hydrogen) atoms. The highest BCUT2D eigenvalue weighted by atomic mass is 16.5. The maximum absolute atomic E-state index is 12.9. The molecule has 2 heterocycles. The summed E-state index contributed by atoms with van der Waals surface area (Å²) >= 11 is 0. The molecule has 3 rings (SSSR count). The standard InChI is InChI=1S/C21H30N4O2/c1-15(2)14-25-16(3)20(13-22-25)23-21(26)24-10-6-8-18(24)11-17-7-5-9-19(12-17)27-4/h5,7,9,12-13,15,18H,6,8,10-11,14H2,1-4H3,(H,23,26). The summed E-state index contributed by atoms with van der Waals surface area (Å²) in [4.78, 5) is 14.8. The third kappa shape index (κ3) is 4.62. The van der Waals surface area contributed by atoms with Crippen LogP contribution in [0.15, 0.2) is 30.5 Å². The summed E-state index contributed by atoms with van der Waals surface area (Å²) in [6, 6.07) is 8.27. The number of hydrogen-bond donors (Lipinski definition) is 1. The number of rotatable bonds is 6. The fraction of sp³-hybridized carbons (Fsp3) is 0.524. The number of likely N-dealkylation sites (tertiary alicyclic amines) is 1. The lowest BCUT2D eigenvalue weighted by atomic mass is 10.0. The first-order valence-corrected chi connectivity index (χ1v) is 9.71. The van der Waals surface area contributed by atoms with Gasteiger partial charge in [0.05, 0.1) is 24.7 Å². The molecule has 6 heteroatoms. The number of ether oxygens (including phenoxy) is 1.